The Labute approximate surface area is 125 Å². The molecule has 5 unspecified atom stereocenters. The van der Waals surface area contributed by atoms with E-state index in [0.29, 0.717) is 12.2 Å². The highest BCUT2D eigenvalue weighted by Crippen LogP contribution is 2.32. The second-order valence-corrected chi connectivity index (χ2v) is 6.99. The highest BCUT2D eigenvalue weighted by atomic mass is 16.5. The summed E-state index contributed by atoms with van der Waals surface area (Å²) in [7, 11) is 0. The van der Waals surface area contributed by atoms with E-state index in [-0.39, 0.29) is 0 Å². The molecule has 5 atom stereocenters. The normalized spacial score (nSPS) is 39.9. The van der Waals surface area contributed by atoms with Crippen LogP contribution >= 0.6 is 0 Å². The lowest BCUT2D eigenvalue weighted by atomic mass is 9.76. The maximum atomic E-state index is 5.86. The van der Waals surface area contributed by atoms with Gasteiger partial charge in [0.15, 0.2) is 0 Å². The molecule has 1 saturated carbocycles. The van der Waals surface area contributed by atoms with Crippen molar-refractivity contribution >= 4 is 0 Å². The van der Waals surface area contributed by atoms with Crippen LogP contribution in [0.2, 0.25) is 0 Å². The number of nitrogens with zero attached hydrogens (tertiary/aromatic N) is 1. The molecule has 0 bridgehead atoms. The minimum atomic E-state index is 0.391. The maximum Gasteiger partial charge on any atom is 0.0678 e. The number of morpholine rings is 1. The molecule has 0 radical (unpaired) electrons. The van der Waals surface area contributed by atoms with Crippen molar-refractivity contribution in [1.29, 1.82) is 0 Å². The Hall–Kier alpha value is -0.120. The molecule has 0 aromatic rings. The Morgan fingerprint density at radius 2 is 1.80 bits per heavy atom. The lowest BCUT2D eigenvalue weighted by Crippen LogP contribution is -2.51. The van der Waals surface area contributed by atoms with Gasteiger partial charge in [-0.15, -0.1) is 0 Å². The van der Waals surface area contributed by atoms with Crippen LogP contribution in [0.3, 0.4) is 0 Å². The van der Waals surface area contributed by atoms with Gasteiger partial charge in [0.05, 0.1) is 12.2 Å². The van der Waals surface area contributed by atoms with Gasteiger partial charge in [0.2, 0.25) is 0 Å². The van der Waals surface area contributed by atoms with E-state index in [0.717, 1.165) is 37.5 Å². The van der Waals surface area contributed by atoms with Crippen molar-refractivity contribution in [2.45, 2.75) is 71.6 Å². The number of hydrogen-bond acceptors (Lipinski definition) is 3. The van der Waals surface area contributed by atoms with Crippen molar-refractivity contribution in [3.8, 4) is 0 Å². The fourth-order valence-electron chi connectivity index (χ4n) is 4.23. The molecule has 3 nitrogen and oxygen atoms in total. The van der Waals surface area contributed by atoms with E-state index in [9.17, 15) is 0 Å². The van der Waals surface area contributed by atoms with Gasteiger partial charge in [-0.25, -0.2) is 0 Å². The summed E-state index contributed by atoms with van der Waals surface area (Å²) >= 11 is 0. The molecular weight excluding hydrogens is 248 g/mol. The highest BCUT2D eigenvalue weighted by Gasteiger charge is 2.32. The molecule has 1 heterocycles. The van der Waals surface area contributed by atoms with E-state index in [1.54, 1.807) is 0 Å². The van der Waals surface area contributed by atoms with Gasteiger partial charge in [0, 0.05) is 25.7 Å². The van der Waals surface area contributed by atoms with Crippen LogP contribution < -0.4 is 5.32 Å². The van der Waals surface area contributed by atoms with Gasteiger partial charge in [-0.1, -0.05) is 20.3 Å². The Kier molecular flexibility index (Phi) is 6.31. The summed E-state index contributed by atoms with van der Waals surface area (Å²) in [4.78, 5) is 2.64. The number of hydrogen-bond donors (Lipinski definition) is 1. The first-order valence-electron chi connectivity index (χ1n) is 8.73. The quantitative estimate of drug-likeness (QED) is 0.839. The zero-order valence-electron chi connectivity index (χ0n) is 13.9. The van der Waals surface area contributed by atoms with E-state index in [4.69, 9.17) is 4.74 Å². The number of ether oxygens (including phenoxy) is 1. The summed E-state index contributed by atoms with van der Waals surface area (Å²) < 4.78 is 5.86. The molecule has 3 heteroatoms. The molecule has 0 aromatic heterocycles. The van der Waals surface area contributed by atoms with Gasteiger partial charge in [-0.3, -0.25) is 4.90 Å². The van der Waals surface area contributed by atoms with Gasteiger partial charge in [-0.2, -0.15) is 0 Å². The van der Waals surface area contributed by atoms with Crippen LogP contribution in [-0.4, -0.2) is 49.3 Å². The monoisotopic (exact) mass is 282 g/mol. The predicted molar refractivity (Wildman–Crippen MR) is 85.0 cm³/mol. The third-order valence-electron chi connectivity index (χ3n) is 5.12. The summed E-state index contributed by atoms with van der Waals surface area (Å²) in [5.74, 6) is 1.77. The minimum absolute atomic E-state index is 0.391. The van der Waals surface area contributed by atoms with Crippen molar-refractivity contribution < 1.29 is 4.74 Å². The topological polar surface area (TPSA) is 24.5 Å². The molecule has 1 N–H and O–H groups in total. The predicted octanol–water partition coefficient (Wildman–Crippen LogP) is 2.90. The molecular formula is C17H34N2O. The van der Waals surface area contributed by atoms with Crippen LogP contribution in [0.5, 0.6) is 0 Å². The Morgan fingerprint density at radius 3 is 2.40 bits per heavy atom. The van der Waals surface area contributed by atoms with E-state index in [2.05, 4.69) is 37.9 Å². The Morgan fingerprint density at radius 1 is 1.10 bits per heavy atom. The number of nitrogens with one attached hydrogen (secondary N) is 1. The summed E-state index contributed by atoms with van der Waals surface area (Å²) in [5.41, 5.74) is 0. The molecule has 0 spiro atoms. The second-order valence-electron chi connectivity index (χ2n) is 6.99. The molecule has 2 rings (SSSR count). The van der Waals surface area contributed by atoms with Gasteiger partial charge < -0.3 is 10.1 Å². The van der Waals surface area contributed by atoms with E-state index >= 15 is 0 Å². The van der Waals surface area contributed by atoms with Crippen LogP contribution in [-0.2, 0) is 4.74 Å². The van der Waals surface area contributed by atoms with Crippen LogP contribution in [0, 0.1) is 11.8 Å². The summed E-state index contributed by atoms with van der Waals surface area (Å²) in [6, 6.07) is 0.733. The first kappa shape index (κ1) is 16.3. The number of rotatable bonds is 5. The smallest absolute Gasteiger partial charge is 0.0678 e. The second kappa shape index (κ2) is 7.77. The first-order valence-corrected chi connectivity index (χ1v) is 8.73. The lowest BCUT2D eigenvalue weighted by molar-refractivity contribution is -0.0744. The largest absolute Gasteiger partial charge is 0.373 e. The van der Waals surface area contributed by atoms with E-state index in [1.165, 1.54) is 32.2 Å². The molecule has 0 amide bonds. The molecule has 1 aliphatic heterocycles. The average molecular weight is 282 g/mol. The van der Waals surface area contributed by atoms with Crippen LogP contribution in [0.1, 0.15) is 53.4 Å². The molecule has 1 aliphatic carbocycles. The molecule has 0 aromatic carbocycles. The van der Waals surface area contributed by atoms with Gasteiger partial charge in [0.25, 0.3) is 0 Å². The van der Waals surface area contributed by atoms with Crippen molar-refractivity contribution in [3.63, 3.8) is 0 Å². The van der Waals surface area contributed by atoms with Crippen molar-refractivity contribution in [3.05, 3.63) is 0 Å². The summed E-state index contributed by atoms with van der Waals surface area (Å²) in [6.45, 7) is 13.6. The average Bonchev–Trinajstić information content (AvgIpc) is 2.40. The SMILES string of the molecule is CCNC1CCC(CC)CC1CN1CC(C)OC(C)C1. The summed E-state index contributed by atoms with van der Waals surface area (Å²) in [5, 5.41) is 3.73. The Balaban J connectivity index is 1.92. The van der Waals surface area contributed by atoms with Crippen LogP contribution in [0.25, 0.3) is 0 Å². The van der Waals surface area contributed by atoms with Crippen molar-refractivity contribution in [2.75, 3.05) is 26.2 Å². The standard InChI is InChI=1S/C17H34N2O/c1-5-15-7-8-17(18-6-2)16(9-15)12-19-10-13(3)20-14(4)11-19/h13-18H,5-12H2,1-4H3. The van der Waals surface area contributed by atoms with Gasteiger partial charge in [-0.05, 0) is 51.5 Å². The van der Waals surface area contributed by atoms with Crippen molar-refractivity contribution in [2.24, 2.45) is 11.8 Å². The zero-order valence-corrected chi connectivity index (χ0v) is 13.9. The van der Waals surface area contributed by atoms with Gasteiger partial charge >= 0.3 is 0 Å². The van der Waals surface area contributed by atoms with Crippen molar-refractivity contribution in [1.82, 2.24) is 10.2 Å². The molecule has 2 aliphatic rings. The maximum absolute atomic E-state index is 5.86. The third kappa shape index (κ3) is 4.44. The van der Waals surface area contributed by atoms with Crippen LogP contribution in [0.4, 0.5) is 0 Å². The Bertz CT molecular complexity index is 274. The van der Waals surface area contributed by atoms with Crippen LogP contribution in [0.15, 0.2) is 0 Å². The molecule has 2 fully saturated rings. The van der Waals surface area contributed by atoms with E-state index in [1.807, 2.05) is 0 Å². The third-order valence-corrected chi connectivity index (χ3v) is 5.12. The molecule has 118 valence electrons. The minimum Gasteiger partial charge on any atom is -0.373 e. The fraction of sp³-hybridized carbons (Fsp3) is 1.00. The van der Waals surface area contributed by atoms with E-state index < -0.39 is 0 Å². The molecule has 20 heavy (non-hydrogen) atoms. The first-order chi connectivity index (χ1) is 9.62. The zero-order chi connectivity index (χ0) is 14.5. The summed E-state index contributed by atoms with van der Waals surface area (Å²) in [6.07, 6.45) is 6.33. The highest BCUT2D eigenvalue weighted by molar-refractivity contribution is 4.87. The fourth-order valence-corrected chi connectivity index (χ4v) is 4.23. The lowest BCUT2D eigenvalue weighted by Gasteiger charge is -2.42. The van der Waals surface area contributed by atoms with Gasteiger partial charge in [0.1, 0.15) is 0 Å². The molecule has 1 saturated heterocycles.